The van der Waals surface area contributed by atoms with Crippen molar-refractivity contribution in [1.29, 1.82) is 0 Å². The maximum Gasteiger partial charge on any atom is 0.261 e. The van der Waals surface area contributed by atoms with Gasteiger partial charge in [-0.05, 0) is 60.7 Å². The molecule has 0 aliphatic rings. The number of ether oxygens (including phenoxy) is 1. The number of carbonyl (C=O) groups is 1. The van der Waals surface area contributed by atoms with E-state index >= 15 is 0 Å². The summed E-state index contributed by atoms with van der Waals surface area (Å²) in [6.45, 7) is 6.86. The lowest BCUT2D eigenvalue weighted by molar-refractivity contribution is 0.0950. The van der Waals surface area contributed by atoms with Crippen molar-refractivity contribution in [2.24, 2.45) is 5.92 Å². The fraction of sp³-hybridized carbons (Fsp3) is 0.308. The molecule has 2 N–H and O–H groups in total. The van der Waals surface area contributed by atoms with Gasteiger partial charge in [-0.2, -0.15) is 0 Å². The van der Waals surface area contributed by atoms with Gasteiger partial charge in [0.1, 0.15) is 11.3 Å². The Morgan fingerprint density at radius 3 is 2.53 bits per heavy atom. The molecule has 0 aliphatic heterocycles. The number of nitrogens with one attached hydrogen (secondary N) is 2. The lowest BCUT2D eigenvalue weighted by Crippen LogP contribution is -2.24. The van der Waals surface area contributed by atoms with Gasteiger partial charge in [-0.25, -0.2) is 13.4 Å². The topological polar surface area (TPSA) is 97.4 Å². The van der Waals surface area contributed by atoms with Crippen LogP contribution in [0.3, 0.4) is 0 Å². The number of hydrogen-bond acceptors (Lipinski definition) is 5. The first-order valence-electron chi connectivity index (χ1n) is 11.4. The van der Waals surface area contributed by atoms with Crippen molar-refractivity contribution >= 4 is 21.6 Å². The van der Waals surface area contributed by atoms with Crippen molar-refractivity contribution in [2.45, 2.75) is 44.9 Å². The number of benzene rings is 2. The summed E-state index contributed by atoms with van der Waals surface area (Å²) in [5, 5.41) is 2.85. The van der Waals surface area contributed by atoms with E-state index in [4.69, 9.17) is 4.74 Å². The molecule has 3 aromatic rings. The van der Waals surface area contributed by atoms with Gasteiger partial charge < -0.3 is 10.1 Å². The van der Waals surface area contributed by atoms with Gasteiger partial charge in [0.25, 0.3) is 15.9 Å². The maximum absolute atomic E-state index is 12.9. The van der Waals surface area contributed by atoms with E-state index in [0.29, 0.717) is 29.5 Å². The summed E-state index contributed by atoms with van der Waals surface area (Å²) in [5.41, 5.74) is 1.74. The van der Waals surface area contributed by atoms with E-state index in [2.05, 4.69) is 28.9 Å². The van der Waals surface area contributed by atoms with Crippen LogP contribution in [0.15, 0.2) is 71.8 Å². The van der Waals surface area contributed by atoms with Crippen LogP contribution in [0.2, 0.25) is 0 Å². The smallest absolute Gasteiger partial charge is 0.261 e. The third-order valence-electron chi connectivity index (χ3n) is 5.01. The Kier molecular flexibility index (Phi) is 8.65. The quantitative estimate of drug-likeness (QED) is 0.357. The second-order valence-electron chi connectivity index (χ2n) is 8.44. The average molecular weight is 482 g/mol. The summed E-state index contributed by atoms with van der Waals surface area (Å²) >= 11 is 0. The van der Waals surface area contributed by atoms with Gasteiger partial charge in [-0.1, -0.05) is 45.4 Å². The number of amides is 1. The fourth-order valence-corrected chi connectivity index (χ4v) is 4.39. The zero-order chi connectivity index (χ0) is 24.6. The van der Waals surface area contributed by atoms with E-state index < -0.39 is 10.0 Å². The summed E-state index contributed by atoms with van der Waals surface area (Å²) < 4.78 is 34.1. The normalized spacial score (nSPS) is 11.3. The monoisotopic (exact) mass is 481 g/mol. The molecule has 1 heterocycles. The molecule has 1 aromatic heterocycles. The second-order valence-corrected chi connectivity index (χ2v) is 10.1. The van der Waals surface area contributed by atoms with Crippen LogP contribution in [0.25, 0.3) is 0 Å². The van der Waals surface area contributed by atoms with Gasteiger partial charge in [-0.3, -0.25) is 9.52 Å². The molecule has 34 heavy (non-hydrogen) atoms. The third-order valence-corrected chi connectivity index (χ3v) is 6.41. The molecular weight excluding hydrogens is 450 g/mol. The Hall–Kier alpha value is -3.39. The predicted molar refractivity (Wildman–Crippen MR) is 134 cm³/mol. The number of aromatic nitrogens is 1. The number of unbranched alkanes of at least 4 members (excludes halogenated alkanes) is 1. The molecule has 0 radical (unpaired) electrons. The van der Waals surface area contributed by atoms with Gasteiger partial charge in [0.05, 0.1) is 10.6 Å². The zero-order valence-corrected chi connectivity index (χ0v) is 20.6. The van der Waals surface area contributed by atoms with E-state index in [1.807, 2.05) is 19.1 Å². The molecule has 0 saturated heterocycles. The van der Waals surface area contributed by atoms with Crippen molar-refractivity contribution in [1.82, 2.24) is 10.3 Å². The first kappa shape index (κ1) is 25.2. The number of anilines is 1. The van der Waals surface area contributed by atoms with Crippen LogP contribution in [0.4, 0.5) is 5.69 Å². The lowest BCUT2D eigenvalue weighted by Gasteiger charge is -2.12. The molecule has 0 unspecified atom stereocenters. The minimum absolute atomic E-state index is 0.150. The van der Waals surface area contributed by atoms with Crippen LogP contribution < -0.4 is 14.8 Å². The van der Waals surface area contributed by atoms with Gasteiger partial charge in [-0.15, -0.1) is 0 Å². The Bertz CT molecular complexity index is 1210. The van der Waals surface area contributed by atoms with E-state index in [1.165, 1.54) is 6.20 Å². The Morgan fingerprint density at radius 1 is 1.06 bits per heavy atom. The van der Waals surface area contributed by atoms with Crippen LogP contribution in [-0.2, 0) is 16.4 Å². The molecule has 2 aromatic carbocycles. The van der Waals surface area contributed by atoms with Crippen molar-refractivity contribution < 1.29 is 17.9 Å². The van der Waals surface area contributed by atoms with E-state index in [-0.39, 0.29) is 16.7 Å². The summed E-state index contributed by atoms with van der Waals surface area (Å²) in [5.74, 6) is 0.728. The van der Waals surface area contributed by atoms with Gasteiger partial charge >= 0.3 is 0 Å². The first-order valence-corrected chi connectivity index (χ1v) is 12.9. The number of hydrogen-bond donors (Lipinski definition) is 2. The predicted octanol–water partition coefficient (Wildman–Crippen LogP) is 5.40. The molecular formula is C26H31N3O4S. The van der Waals surface area contributed by atoms with E-state index in [1.54, 1.807) is 48.5 Å². The molecule has 0 aliphatic carbocycles. The van der Waals surface area contributed by atoms with Crippen LogP contribution in [-0.4, -0.2) is 25.9 Å². The second kappa shape index (κ2) is 11.7. The minimum atomic E-state index is -3.77. The third kappa shape index (κ3) is 7.05. The summed E-state index contributed by atoms with van der Waals surface area (Å²) in [6, 6.07) is 16.7. The molecule has 0 bridgehead atoms. The highest BCUT2D eigenvalue weighted by Gasteiger charge is 2.16. The largest absolute Gasteiger partial charge is 0.438 e. The Balaban J connectivity index is 1.74. The van der Waals surface area contributed by atoms with Crippen molar-refractivity contribution in [3.05, 3.63) is 78.0 Å². The van der Waals surface area contributed by atoms with Gasteiger partial charge in [0, 0.05) is 18.8 Å². The van der Waals surface area contributed by atoms with Gasteiger partial charge in [0.15, 0.2) is 0 Å². The highest BCUT2D eigenvalue weighted by Crippen LogP contribution is 2.27. The first-order chi connectivity index (χ1) is 16.3. The summed E-state index contributed by atoms with van der Waals surface area (Å²) in [6.07, 6.45) is 4.28. The molecule has 8 heteroatoms. The number of nitrogens with zero attached hydrogens (tertiary/aromatic N) is 1. The zero-order valence-electron chi connectivity index (χ0n) is 19.7. The Labute approximate surface area is 201 Å². The van der Waals surface area contributed by atoms with Crippen molar-refractivity contribution in [3.63, 3.8) is 0 Å². The molecule has 180 valence electrons. The summed E-state index contributed by atoms with van der Waals surface area (Å²) in [4.78, 5) is 16.9. The lowest BCUT2D eigenvalue weighted by atomic mass is 10.0. The molecule has 7 nitrogen and oxygen atoms in total. The summed E-state index contributed by atoms with van der Waals surface area (Å²) in [7, 11) is -3.77. The average Bonchev–Trinajstić information content (AvgIpc) is 2.79. The SMILES string of the molecule is CCCCNC(=O)c1cccnc1Oc1cccc(NS(=O)(=O)c2ccc(CC(C)C)cc2)c1. The molecule has 0 atom stereocenters. The highest BCUT2D eigenvalue weighted by atomic mass is 32.2. The van der Waals surface area contributed by atoms with E-state index in [0.717, 1.165) is 24.8 Å². The highest BCUT2D eigenvalue weighted by molar-refractivity contribution is 7.92. The standard InChI is InChI=1S/C26H31N3O4S/c1-4-5-15-27-25(30)24-10-7-16-28-26(24)33-22-9-6-8-21(18-22)29-34(31,32)23-13-11-20(12-14-23)17-19(2)3/h6-14,16,18-19,29H,4-5,15,17H2,1-3H3,(H,27,30). The number of rotatable bonds is 11. The number of carbonyl (C=O) groups excluding carboxylic acids is 1. The molecule has 0 saturated carbocycles. The van der Waals surface area contributed by atoms with Crippen molar-refractivity contribution in [2.75, 3.05) is 11.3 Å². The van der Waals surface area contributed by atoms with E-state index in [9.17, 15) is 13.2 Å². The molecule has 3 rings (SSSR count). The van der Waals surface area contributed by atoms with Crippen LogP contribution in [0, 0.1) is 5.92 Å². The molecule has 0 fully saturated rings. The fourth-order valence-electron chi connectivity index (χ4n) is 3.34. The maximum atomic E-state index is 12.9. The molecule has 0 spiro atoms. The van der Waals surface area contributed by atoms with Crippen molar-refractivity contribution in [3.8, 4) is 11.6 Å². The Morgan fingerprint density at radius 2 is 1.82 bits per heavy atom. The number of sulfonamides is 1. The number of pyridine rings is 1. The minimum Gasteiger partial charge on any atom is -0.438 e. The van der Waals surface area contributed by atoms with Crippen LogP contribution in [0.5, 0.6) is 11.6 Å². The van der Waals surface area contributed by atoms with Gasteiger partial charge in [0.2, 0.25) is 5.88 Å². The van der Waals surface area contributed by atoms with Crippen LogP contribution in [0.1, 0.15) is 49.5 Å². The molecule has 1 amide bonds. The van der Waals surface area contributed by atoms with Crippen LogP contribution >= 0.6 is 0 Å².